The normalized spacial score (nSPS) is 19.3. The Bertz CT molecular complexity index is 1190. The molecule has 0 unspecified atom stereocenters. The van der Waals surface area contributed by atoms with Crippen molar-refractivity contribution in [2.24, 2.45) is 0 Å². The first-order chi connectivity index (χ1) is 15.6. The van der Waals surface area contributed by atoms with Gasteiger partial charge in [0.05, 0.1) is 13.2 Å². The number of nitrogens with zero attached hydrogens (tertiary/aromatic N) is 1. The van der Waals surface area contributed by atoms with Crippen LogP contribution in [0, 0.1) is 0 Å². The minimum absolute atomic E-state index is 0.121. The molecule has 2 aliphatic heterocycles. The van der Waals surface area contributed by atoms with Crippen LogP contribution in [-0.2, 0) is 16.9 Å². The number of carbonyl (C=O) groups is 3. The van der Waals surface area contributed by atoms with Crippen LogP contribution in [0.15, 0.2) is 78.9 Å². The summed E-state index contributed by atoms with van der Waals surface area (Å²) in [5.74, 6) is 0.0997. The number of rotatable bonds is 4. The lowest BCUT2D eigenvalue weighted by Crippen LogP contribution is -2.47. The molecule has 3 aromatic rings. The van der Waals surface area contributed by atoms with Crippen molar-refractivity contribution >= 4 is 23.5 Å². The summed E-state index contributed by atoms with van der Waals surface area (Å²) >= 11 is 0. The third kappa shape index (κ3) is 3.37. The second-order valence-corrected chi connectivity index (χ2v) is 7.84. The van der Waals surface area contributed by atoms with Crippen molar-refractivity contribution in [3.8, 4) is 5.75 Å². The van der Waals surface area contributed by atoms with Crippen molar-refractivity contribution in [1.82, 2.24) is 10.2 Å². The fourth-order valence-electron chi connectivity index (χ4n) is 4.18. The average molecular weight is 427 g/mol. The van der Waals surface area contributed by atoms with Crippen molar-refractivity contribution in [2.75, 3.05) is 11.9 Å². The molecule has 160 valence electrons. The van der Waals surface area contributed by atoms with Crippen LogP contribution in [0.3, 0.4) is 0 Å². The molecule has 7 heteroatoms. The molecule has 0 aliphatic carbocycles. The molecule has 0 saturated carbocycles. The lowest BCUT2D eigenvalue weighted by molar-refractivity contribution is -0.133. The summed E-state index contributed by atoms with van der Waals surface area (Å²) in [5.41, 5.74) is 1.54. The Kier molecular flexibility index (Phi) is 4.86. The van der Waals surface area contributed by atoms with Crippen LogP contribution >= 0.6 is 0 Å². The molecule has 0 bridgehead atoms. The SMILES string of the molecule is O=C(Nc1ccccc1)c1ccc(CN2C(=O)N[C@]3(CCOc4ccccc43)C2=O)cc1. The summed E-state index contributed by atoms with van der Waals surface area (Å²) in [5, 5.41) is 5.73. The zero-order valence-corrected chi connectivity index (χ0v) is 17.2. The maximum Gasteiger partial charge on any atom is 0.325 e. The van der Waals surface area contributed by atoms with E-state index in [1.807, 2.05) is 48.5 Å². The van der Waals surface area contributed by atoms with E-state index < -0.39 is 11.6 Å². The molecule has 1 saturated heterocycles. The number of imide groups is 1. The number of anilines is 1. The van der Waals surface area contributed by atoms with Crippen LogP contribution in [0.5, 0.6) is 5.75 Å². The van der Waals surface area contributed by atoms with E-state index in [1.165, 1.54) is 4.90 Å². The highest BCUT2D eigenvalue weighted by atomic mass is 16.5. The van der Waals surface area contributed by atoms with Gasteiger partial charge in [0.1, 0.15) is 5.75 Å². The van der Waals surface area contributed by atoms with Crippen LogP contribution < -0.4 is 15.4 Å². The van der Waals surface area contributed by atoms with Gasteiger partial charge in [0.2, 0.25) is 0 Å². The molecule has 7 nitrogen and oxygen atoms in total. The summed E-state index contributed by atoms with van der Waals surface area (Å²) in [4.78, 5) is 39.8. The predicted molar refractivity (Wildman–Crippen MR) is 118 cm³/mol. The molecule has 1 fully saturated rings. The quantitative estimate of drug-likeness (QED) is 0.622. The first-order valence-electron chi connectivity index (χ1n) is 10.4. The first kappa shape index (κ1) is 19.8. The van der Waals surface area contributed by atoms with Gasteiger partial charge in [0, 0.05) is 23.2 Å². The van der Waals surface area contributed by atoms with Gasteiger partial charge < -0.3 is 15.4 Å². The summed E-state index contributed by atoms with van der Waals surface area (Å²) < 4.78 is 5.67. The maximum atomic E-state index is 13.4. The molecule has 2 heterocycles. The van der Waals surface area contributed by atoms with E-state index in [0.717, 1.165) is 5.56 Å². The van der Waals surface area contributed by atoms with Crippen LogP contribution in [0.4, 0.5) is 10.5 Å². The topological polar surface area (TPSA) is 87.7 Å². The summed E-state index contributed by atoms with van der Waals surface area (Å²) in [6.45, 7) is 0.470. The van der Waals surface area contributed by atoms with Crippen molar-refractivity contribution in [2.45, 2.75) is 18.5 Å². The van der Waals surface area contributed by atoms with E-state index in [-0.39, 0.29) is 18.4 Å². The number of hydrogen-bond acceptors (Lipinski definition) is 4. The Labute approximate surface area is 185 Å². The van der Waals surface area contributed by atoms with Gasteiger partial charge in [-0.15, -0.1) is 0 Å². The number of para-hydroxylation sites is 2. The monoisotopic (exact) mass is 427 g/mol. The lowest BCUT2D eigenvalue weighted by Gasteiger charge is -2.33. The van der Waals surface area contributed by atoms with Crippen LogP contribution in [0.2, 0.25) is 0 Å². The summed E-state index contributed by atoms with van der Waals surface area (Å²) in [7, 11) is 0. The minimum atomic E-state index is -1.10. The Morgan fingerprint density at radius 1 is 0.969 bits per heavy atom. The highest BCUT2D eigenvalue weighted by molar-refractivity contribution is 6.08. The second-order valence-electron chi connectivity index (χ2n) is 7.84. The Morgan fingerprint density at radius 3 is 2.47 bits per heavy atom. The van der Waals surface area contributed by atoms with Gasteiger partial charge in [-0.1, -0.05) is 48.5 Å². The highest BCUT2D eigenvalue weighted by Gasteiger charge is 2.54. The number of nitrogens with one attached hydrogen (secondary N) is 2. The fraction of sp³-hybridized carbons (Fsp3) is 0.160. The third-order valence-corrected chi connectivity index (χ3v) is 5.85. The fourth-order valence-corrected chi connectivity index (χ4v) is 4.18. The molecule has 1 atom stereocenters. The lowest BCUT2D eigenvalue weighted by atomic mass is 9.84. The van der Waals surface area contributed by atoms with Crippen molar-refractivity contribution < 1.29 is 19.1 Å². The molecule has 2 aliphatic rings. The second kappa shape index (κ2) is 7.85. The van der Waals surface area contributed by atoms with E-state index >= 15 is 0 Å². The van der Waals surface area contributed by atoms with Gasteiger partial charge in [-0.2, -0.15) is 0 Å². The number of urea groups is 1. The standard InChI is InChI=1S/C25H21N3O4/c29-22(26-19-6-2-1-3-7-19)18-12-10-17(11-13-18)16-28-23(30)25(27-24(28)31)14-15-32-21-9-5-4-8-20(21)25/h1-13H,14-16H2,(H,26,29)(H,27,31)/t25-/m0/s1. The molecule has 32 heavy (non-hydrogen) atoms. The van der Waals surface area contributed by atoms with Crippen LogP contribution in [0.1, 0.15) is 27.9 Å². The number of fused-ring (bicyclic) bond motifs is 2. The van der Waals surface area contributed by atoms with Gasteiger partial charge in [-0.05, 0) is 35.9 Å². The number of hydrogen-bond donors (Lipinski definition) is 2. The van der Waals surface area contributed by atoms with E-state index in [0.29, 0.717) is 35.6 Å². The summed E-state index contributed by atoms with van der Waals surface area (Å²) in [6.07, 6.45) is 0.379. The number of ether oxygens (including phenoxy) is 1. The van der Waals surface area contributed by atoms with Gasteiger partial charge >= 0.3 is 6.03 Å². The minimum Gasteiger partial charge on any atom is -0.493 e. The maximum absolute atomic E-state index is 13.4. The number of amides is 4. The number of benzene rings is 3. The van der Waals surface area contributed by atoms with Crippen LogP contribution in [0.25, 0.3) is 0 Å². The number of carbonyl (C=O) groups excluding carboxylic acids is 3. The molecule has 5 rings (SSSR count). The van der Waals surface area contributed by atoms with Crippen molar-refractivity contribution in [3.63, 3.8) is 0 Å². The molecule has 0 aromatic heterocycles. The average Bonchev–Trinajstić information content (AvgIpc) is 3.05. The molecule has 4 amide bonds. The molecular formula is C25H21N3O4. The largest absolute Gasteiger partial charge is 0.493 e. The highest BCUT2D eigenvalue weighted by Crippen LogP contribution is 2.41. The zero-order chi connectivity index (χ0) is 22.1. The van der Waals surface area contributed by atoms with Crippen molar-refractivity contribution in [1.29, 1.82) is 0 Å². The summed E-state index contributed by atoms with van der Waals surface area (Å²) in [6, 6.07) is 22.9. The zero-order valence-electron chi connectivity index (χ0n) is 17.2. The molecule has 1 spiro atoms. The van der Waals surface area contributed by atoms with Gasteiger partial charge in [0.15, 0.2) is 5.54 Å². The predicted octanol–water partition coefficient (Wildman–Crippen LogP) is 3.67. The van der Waals surface area contributed by atoms with Crippen LogP contribution in [-0.4, -0.2) is 29.4 Å². The molecule has 2 N–H and O–H groups in total. The van der Waals surface area contributed by atoms with Gasteiger partial charge in [-0.3, -0.25) is 14.5 Å². The first-order valence-corrected chi connectivity index (χ1v) is 10.4. The third-order valence-electron chi connectivity index (χ3n) is 5.85. The van der Waals surface area contributed by atoms with Gasteiger partial charge in [-0.25, -0.2) is 4.79 Å². The Balaban J connectivity index is 1.32. The molecular weight excluding hydrogens is 406 g/mol. The Morgan fingerprint density at radius 2 is 1.69 bits per heavy atom. The molecule has 3 aromatic carbocycles. The van der Waals surface area contributed by atoms with Crippen molar-refractivity contribution in [3.05, 3.63) is 95.6 Å². The van der Waals surface area contributed by atoms with Gasteiger partial charge in [0.25, 0.3) is 11.8 Å². The smallest absolute Gasteiger partial charge is 0.325 e. The molecule has 0 radical (unpaired) electrons. The van der Waals surface area contributed by atoms with E-state index in [2.05, 4.69) is 10.6 Å². The van der Waals surface area contributed by atoms with E-state index in [1.54, 1.807) is 30.3 Å². The van der Waals surface area contributed by atoms with E-state index in [4.69, 9.17) is 4.74 Å². The Hall–Kier alpha value is -4.13. The van der Waals surface area contributed by atoms with E-state index in [9.17, 15) is 14.4 Å².